The summed E-state index contributed by atoms with van der Waals surface area (Å²) in [7, 11) is 4.00. The van der Waals surface area contributed by atoms with Gasteiger partial charge in [0.05, 0.1) is 9.75 Å². The highest BCUT2D eigenvalue weighted by molar-refractivity contribution is 7.14. The van der Waals surface area contributed by atoms with Crippen LogP contribution in [-0.2, 0) is 0 Å². The molecular weight excluding hydrogens is 272 g/mol. The third kappa shape index (κ3) is 3.60. The van der Waals surface area contributed by atoms with Crippen LogP contribution >= 0.6 is 11.3 Å². The van der Waals surface area contributed by atoms with E-state index >= 15 is 0 Å². The van der Waals surface area contributed by atoms with Crippen molar-refractivity contribution < 1.29 is 9.90 Å². The smallest absolute Gasteiger partial charge is 0.263 e. The Kier molecular flexibility index (Phi) is 5.18. The number of likely N-dealkylation sites (tertiary alicyclic amines) is 1. The van der Waals surface area contributed by atoms with Crippen molar-refractivity contribution in [1.82, 2.24) is 9.80 Å². The number of carbonyl (C=O) groups excluding carboxylic acids is 1. The lowest BCUT2D eigenvalue weighted by Crippen LogP contribution is -2.44. The number of carbonyl (C=O) groups is 1. The third-order valence-corrected chi connectivity index (χ3v) is 4.65. The topological polar surface area (TPSA) is 43.8 Å². The highest BCUT2D eigenvalue weighted by atomic mass is 32.1. The number of aliphatic hydroxyl groups is 1. The first-order valence-electron chi connectivity index (χ1n) is 6.77. The molecule has 0 unspecified atom stereocenters. The van der Waals surface area contributed by atoms with E-state index in [1.165, 1.54) is 11.3 Å². The summed E-state index contributed by atoms with van der Waals surface area (Å²) in [5.41, 5.74) is 0. The van der Waals surface area contributed by atoms with Crippen molar-refractivity contribution >= 4 is 17.2 Å². The summed E-state index contributed by atoms with van der Waals surface area (Å²) < 4.78 is 0. The molecule has 0 aliphatic carbocycles. The lowest BCUT2D eigenvalue weighted by atomic mass is 10.0. The van der Waals surface area contributed by atoms with Crippen LogP contribution in [0.4, 0.5) is 0 Å². The van der Waals surface area contributed by atoms with Gasteiger partial charge in [0.25, 0.3) is 5.91 Å². The molecule has 0 radical (unpaired) electrons. The van der Waals surface area contributed by atoms with Gasteiger partial charge in [0.15, 0.2) is 0 Å². The van der Waals surface area contributed by atoms with Crippen LogP contribution < -0.4 is 0 Å². The van der Waals surface area contributed by atoms with Gasteiger partial charge in [-0.05, 0) is 45.1 Å². The van der Waals surface area contributed by atoms with Crippen LogP contribution in [0.25, 0.3) is 0 Å². The highest BCUT2D eigenvalue weighted by Gasteiger charge is 2.25. The number of hydrogen-bond acceptors (Lipinski definition) is 4. The van der Waals surface area contributed by atoms with Gasteiger partial charge in [-0.15, -0.1) is 11.3 Å². The summed E-state index contributed by atoms with van der Waals surface area (Å²) in [6.45, 7) is 1.93. The van der Waals surface area contributed by atoms with E-state index < -0.39 is 0 Å². The molecule has 0 saturated carbocycles. The molecule has 1 N–H and O–H groups in total. The van der Waals surface area contributed by atoms with E-state index in [2.05, 4.69) is 23.8 Å². The fourth-order valence-corrected chi connectivity index (χ4v) is 3.23. The minimum atomic E-state index is -0.156. The van der Waals surface area contributed by atoms with Crippen LogP contribution in [0, 0.1) is 11.8 Å². The fourth-order valence-electron chi connectivity index (χ4n) is 2.37. The molecule has 1 aromatic rings. The molecular formula is C15H20N2O2S. The first kappa shape index (κ1) is 15.0. The molecule has 1 amide bonds. The van der Waals surface area contributed by atoms with Crippen LogP contribution in [0.5, 0.6) is 0 Å². The number of rotatable bonds is 2. The normalized spacial score (nSPS) is 16.6. The zero-order valence-electron chi connectivity index (χ0n) is 11.9. The number of thiophene rings is 1. The Labute approximate surface area is 124 Å². The van der Waals surface area contributed by atoms with Crippen molar-refractivity contribution in [3.63, 3.8) is 0 Å². The van der Waals surface area contributed by atoms with Crippen molar-refractivity contribution in [3.05, 3.63) is 21.9 Å². The number of nitrogens with zero attached hydrogens (tertiary/aromatic N) is 2. The Bertz CT molecular complexity index is 521. The van der Waals surface area contributed by atoms with E-state index in [9.17, 15) is 4.79 Å². The summed E-state index contributed by atoms with van der Waals surface area (Å²) in [5.74, 6) is 5.51. The Morgan fingerprint density at radius 1 is 1.50 bits per heavy atom. The first-order chi connectivity index (χ1) is 9.61. The summed E-state index contributed by atoms with van der Waals surface area (Å²) in [6, 6.07) is 3.98. The van der Waals surface area contributed by atoms with Crippen molar-refractivity contribution in [3.8, 4) is 11.8 Å². The van der Waals surface area contributed by atoms with Crippen LogP contribution in [0.2, 0.25) is 0 Å². The van der Waals surface area contributed by atoms with E-state index in [0.717, 1.165) is 30.8 Å². The second kappa shape index (κ2) is 6.89. The Morgan fingerprint density at radius 2 is 2.20 bits per heavy atom. The Hall–Kier alpha value is -1.35. The van der Waals surface area contributed by atoms with Crippen molar-refractivity contribution in [2.45, 2.75) is 18.9 Å². The van der Waals surface area contributed by atoms with Crippen LogP contribution in [0.1, 0.15) is 27.4 Å². The third-order valence-electron chi connectivity index (χ3n) is 3.66. The largest absolute Gasteiger partial charge is 0.384 e. The van der Waals surface area contributed by atoms with Gasteiger partial charge in [-0.2, -0.15) is 0 Å². The predicted molar refractivity (Wildman–Crippen MR) is 80.9 cm³/mol. The monoisotopic (exact) mass is 292 g/mol. The SMILES string of the molecule is CN1CCC(N(C)C(=O)c2ccc(C#CCO)s2)CC1. The maximum absolute atomic E-state index is 12.4. The molecule has 108 valence electrons. The summed E-state index contributed by atoms with van der Waals surface area (Å²) in [6.07, 6.45) is 2.06. The summed E-state index contributed by atoms with van der Waals surface area (Å²) in [4.78, 5) is 18.1. The molecule has 1 saturated heterocycles. The van der Waals surface area contributed by atoms with Gasteiger partial charge < -0.3 is 14.9 Å². The molecule has 0 atom stereocenters. The zero-order valence-corrected chi connectivity index (χ0v) is 12.7. The molecule has 0 spiro atoms. The van der Waals surface area contributed by atoms with E-state index in [1.54, 1.807) is 0 Å². The average Bonchev–Trinajstić information content (AvgIpc) is 2.93. The van der Waals surface area contributed by atoms with Crippen molar-refractivity contribution in [1.29, 1.82) is 0 Å². The maximum Gasteiger partial charge on any atom is 0.263 e. The molecule has 4 nitrogen and oxygen atoms in total. The van der Waals surface area contributed by atoms with Crippen LogP contribution in [-0.4, -0.2) is 60.6 Å². The minimum Gasteiger partial charge on any atom is -0.384 e. The Balaban J connectivity index is 2.01. The van der Waals surface area contributed by atoms with Crippen molar-refractivity contribution in [2.75, 3.05) is 33.8 Å². The second-order valence-corrected chi connectivity index (χ2v) is 6.16. The van der Waals surface area contributed by atoms with Crippen molar-refractivity contribution in [2.24, 2.45) is 0 Å². The minimum absolute atomic E-state index is 0.0709. The molecule has 0 aromatic carbocycles. The molecule has 5 heteroatoms. The quantitative estimate of drug-likeness (QED) is 0.835. The molecule has 1 fully saturated rings. The second-order valence-electron chi connectivity index (χ2n) is 5.07. The van der Waals surface area contributed by atoms with E-state index in [0.29, 0.717) is 10.9 Å². The lowest BCUT2D eigenvalue weighted by molar-refractivity contribution is 0.0664. The first-order valence-corrected chi connectivity index (χ1v) is 7.58. The predicted octanol–water partition coefficient (Wildman–Crippen LogP) is 1.26. The molecule has 1 aliphatic rings. The standard InChI is InChI=1S/C15H20N2O2S/c1-16-9-7-12(8-10-16)17(2)15(19)14-6-5-13(20-14)4-3-11-18/h5-6,12,18H,7-11H2,1-2H3. The number of piperidine rings is 1. The summed E-state index contributed by atoms with van der Waals surface area (Å²) >= 11 is 1.39. The maximum atomic E-state index is 12.4. The fraction of sp³-hybridized carbons (Fsp3) is 0.533. The van der Waals surface area contributed by atoms with Gasteiger partial charge in [-0.1, -0.05) is 11.8 Å². The Morgan fingerprint density at radius 3 is 2.85 bits per heavy atom. The van der Waals surface area contributed by atoms with Gasteiger partial charge in [-0.25, -0.2) is 0 Å². The van der Waals surface area contributed by atoms with Crippen LogP contribution in [0.15, 0.2) is 12.1 Å². The average molecular weight is 292 g/mol. The molecule has 2 heterocycles. The molecule has 0 bridgehead atoms. The highest BCUT2D eigenvalue weighted by Crippen LogP contribution is 2.21. The summed E-state index contributed by atoms with van der Waals surface area (Å²) in [5, 5.41) is 8.68. The number of amides is 1. The lowest BCUT2D eigenvalue weighted by Gasteiger charge is -2.34. The van der Waals surface area contributed by atoms with E-state index in [-0.39, 0.29) is 12.5 Å². The van der Waals surface area contributed by atoms with Gasteiger partial charge in [0.1, 0.15) is 6.61 Å². The van der Waals surface area contributed by atoms with Crippen LogP contribution in [0.3, 0.4) is 0 Å². The van der Waals surface area contributed by atoms with Gasteiger partial charge >= 0.3 is 0 Å². The van der Waals surface area contributed by atoms with Gasteiger partial charge in [-0.3, -0.25) is 4.79 Å². The van der Waals surface area contributed by atoms with E-state index in [1.807, 2.05) is 24.1 Å². The number of hydrogen-bond donors (Lipinski definition) is 1. The molecule has 2 rings (SSSR count). The van der Waals surface area contributed by atoms with Gasteiger partial charge in [0.2, 0.25) is 0 Å². The molecule has 20 heavy (non-hydrogen) atoms. The molecule has 1 aliphatic heterocycles. The zero-order chi connectivity index (χ0) is 14.5. The van der Waals surface area contributed by atoms with E-state index in [4.69, 9.17) is 5.11 Å². The van der Waals surface area contributed by atoms with Gasteiger partial charge in [0, 0.05) is 13.1 Å². The molecule has 1 aromatic heterocycles. The number of aliphatic hydroxyl groups excluding tert-OH is 1.